The van der Waals surface area contributed by atoms with E-state index in [1.165, 1.54) is 135 Å². The lowest BCUT2D eigenvalue weighted by Crippen LogP contribution is -2.30. The van der Waals surface area contributed by atoms with Gasteiger partial charge in [-0.25, -0.2) is 9.13 Å². The Hall–Kier alpha value is -3.24. The third-order valence-electron chi connectivity index (χ3n) is 17.0. The van der Waals surface area contributed by atoms with Crippen molar-refractivity contribution in [3.8, 4) is 0 Å². The molecule has 0 bridgehead atoms. The van der Waals surface area contributed by atoms with Gasteiger partial charge in [-0.05, 0) is 109 Å². The van der Waals surface area contributed by atoms with E-state index < -0.39 is 97.5 Å². The monoisotopic (exact) mass is 1430 g/mol. The Labute approximate surface area is 597 Å². The Morgan fingerprint density at radius 3 is 0.857 bits per heavy atom. The summed E-state index contributed by atoms with van der Waals surface area (Å²) in [5.74, 6) is -2.18. The Balaban J connectivity index is 5.34. The van der Waals surface area contributed by atoms with Gasteiger partial charge in [0.2, 0.25) is 0 Å². The van der Waals surface area contributed by atoms with Crippen molar-refractivity contribution in [3.05, 3.63) is 60.8 Å². The molecule has 0 heterocycles. The van der Waals surface area contributed by atoms with Crippen molar-refractivity contribution < 1.29 is 80.2 Å². The van der Waals surface area contributed by atoms with Crippen molar-refractivity contribution in [1.82, 2.24) is 0 Å². The van der Waals surface area contributed by atoms with E-state index in [1.807, 2.05) is 0 Å². The molecule has 3 N–H and O–H groups in total. The predicted octanol–water partition coefficient (Wildman–Crippen LogP) is 22.7. The zero-order valence-corrected chi connectivity index (χ0v) is 64.3. The Bertz CT molecular complexity index is 2100. The number of aliphatic hydroxyl groups excluding tert-OH is 1. The van der Waals surface area contributed by atoms with Crippen molar-refractivity contribution in [2.45, 2.75) is 380 Å². The zero-order valence-electron chi connectivity index (χ0n) is 62.5. The quantitative estimate of drug-likeness (QED) is 0.0128. The molecule has 98 heavy (non-hydrogen) atoms. The van der Waals surface area contributed by atoms with Gasteiger partial charge in [0.25, 0.3) is 0 Å². The number of phosphoric acid groups is 2. The number of ether oxygens (including phenoxy) is 4. The predicted molar refractivity (Wildman–Crippen MR) is 400 cm³/mol. The van der Waals surface area contributed by atoms with Gasteiger partial charge in [-0.15, -0.1) is 0 Å². The molecule has 17 nitrogen and oxygen atoms in total. The summed E-state index contributed by atoms with van der Waals surface area (Å²) < 4.78 is 68.5. The molecule has 0 saturated heterocycles. The first-order chi connectivity index (χ1) is 47.7. The van der Waals surface area contributed by atoms with Gasteiger partial charge in [0, 0.05) is 25.7 Å². The summed E-state index contributed by atoms with van der Waals surface area (Å²) in [7, 11) is -9.94. The highest BCUT2D eigenvalue weighted by Crippen LogP contribution is 2.45. The number of allylic oxidation sites excluding steroid dienone is 10. The molecule has 0 fully saturated rings. The maximum absolute atomic E-state index is 13.1. The number of rotatable bonds is 75. The Morgan fingerprint density at radius 1 is 0.296 bits per heavy atom. The van der Waals surface area contributed by atoms with Crippen molar-refractivity contribution in [2.24, 2.45) is 0 Å². The van der Waals surface area contributed by atoms with Crippen LogP contribution in [0.1, 0.15) is 362 Å². The molecule has 0 aromatic rings. The molecule has 0 aromatic heterocycles. The highest BCUT2D eigenvalue weighted by molar-refractivity contribution is 7.47. The molecule has 2 unspecified atom stereocenters. The number of carbonyl (C=O) groups excluding carboxylic acids is 4. The molecule has 572 valence electrons. The van der Waals surface area contributed by atoms with Crippen LogP contribution in [0.4, 0.5) is 0 Å². The molecule has 0 aliphatic carbocycles. The van der Waals surface area contributed by atoms with Crippen LogP contribution in [0.2, 0.25) is 0 Å². The van der Waals surface area contributed by atoms with Crippen molar-refractivity contribution in [1.29, 1.82) is 0 Å². The van der Waals surface area contributed by atoms with Gasteiger partial charge in [0.1, 0.15) is 19.3 Å². The van der Waals surface area contributed by atoms with Crippen molar-refractivity contribution >= 4 is 39.5 Å². The second-order valence-electron chi connectivity index (χ2n) is 26.7. The molecule has 0 rings (SSSR count). The SMILES string of the molecule is CCCCC/C=C\C/C=C\CCCCCCCC(=O)O[C@H](COC(=O)CCCCCCC/C=C\C=C/CCCCCC)COP(=O)(O)OC[C@@H](O)COP(=O)(O)OC[C@@H](COC(=O)CCCCCCC/C=C\CCCCCCCC)OC(=O)CCCCCCCCCCCCCCC. The smallest absolute Gasteiger partial charge is 0.462 e. The summed E-state index contributed by atoms with van der Waals surface area (Å²) in [6, 6.07) is 0. The second-order valence-corrected chi connectivity index (χ2v) is 29.6. The first-order valence-corrected chi connectivity index (χ1v) is 42.5. The van der Waals surface area contributed by atoms with E-state index in [1.54, 1.807) is 0 Å². The molecule has 19 heteroatoms. The topological polar surface area (TPSA) is 237 Å². The van der Waals surface area contributed by atoms with E-state index in [9.17, 15) is 43.2 Å². The molecular formula is C79H144O17P2. The van der Waals surface area contributed by atoms with Crippen LogP contribution in [0, 0.1) is 0 Å². The summed E-state index contributed by atoms with van der Waals surface area (Å²) >= 11 is 0. The van der Waals surface area contributed by atoms with Crippen LogP contribution in [0.25, 0.3) is 0 Å². The first kappa shape index (κ1) is 94.8. The second kappa shape index (κ2) is 72.1. The van der Waals surface area contributed by atoms with Gasteiger partial charge in [-0.3, -0.25) is 37.3 Å². The van der Waals surface area contributed by atoms with Crippen LogP contribution in [-0.2, 0) is 65.4 Å². The largest absolute Gasteiger partial charge is 0.472 e. The van der Waals surface area contributed by atoms with E-state index >= 15 is 0 Å². The van der Waals surface area contributed by atoms with Crippen molar-refractivity contribution in [3.63, 3.8) is 0 Å². The van der Waals surface area contributed by atoms with Crippen LogP contribution in [-0.4, -0.2) is 96.7 Å². The van der Waals surface area contributed by atoms with E-state index in [0.717, 1.165) is 148 Å². The summed E-state index contributed by atoms with van der Waals surface area (Å²) in [6.45, 7) is 4.84. The normalized spacial score (nSPS) is 14.2. The van der Waals surface area contributed by atoms with Gasteiger partial charge in [-0.2, -0.15) is 0 Å². The molecule has 0 spiro atoms. The number of phosphoric ester groups is 2. The van der Waals surface area contributed by atoms with E-state index in [2.05, 4.69) is 88.5 Å². The van der Waals surface area contributed by atoms with E-state index in [4.69, 9.17) is 37.0 Å². The number of hydrogen-bond donors (Lipinski definition) is 3. The molecule has 0 aliphatic rings. The maximum Gasteiger partial charge on any atom is 0.472 e. The third-order valence-corrected chi connectivity index (χ3v) is 18.9. The summed E-state index contributed by atoms with van der Waals surface area (Å²) in [5, 5.41) is 10.6. The van der Waals surface area contributed by atoms with Crippen LogP contribution in [0.15, 0.2) is 60.8 Å². The maximum atomic E-state index is 13.1. The van der Waals surface area contributed by atoms with Gasteiger partial charge in [0.15, 0.2) is 12.2 Å². The lowest BCUT2D eigenvalue weighted by molar-refractivity contribution is -0.161. The average Bonchev–Trinajstić information content (AvgIpc) is 0.984. The minimum atomic E-state index is -4.98. The van der Waals surface area contributed by atoms with Gasteiger partial charge in [0.05, 0.1) is 26.4 Å². The standard InChI is InChI=1S/C79H144O17P2/c1-5-9-13-17-21-25-29-33-36-40-43-47-51-55-59-63-76(81)89-69-74(95-78(83)65-61-57-53-49-45-39-32-28-24-20-16-12-8-4)71-93-97(85,86)91-67-73(80)68-92-98(87,88)94-72-75(96-79(84)66-62-58-54-50-46-42-38-35-31-27-23-19-15-11-7-3)70-90-77(82)64-60-56-52-48-44-41-37-34-30-26-22-18-14-10-6-2/h23,26-27,30,33-38,73-75,80H,5-22,24-25,28-29,31-32,39-72H2,1-4H3,(H,85,86)(H,87,88)/b27-23-,30-26-,36-33-,37-34-,38-35-/t73-,74+,75+/m0/s1. The number of hydrogen-bond acceptors (Lipinski definition) is 15. The molecule has 0 radical (unpaired) electrons. The minimum Gasteiger partial charge on any atom is -0.462 e. The summed E-state index contributed by atoms with van der Waals surface area (Å²) in [4.78, 5) is 72.9. The van der Waals surface area contributed by atoms with Crippen LogP contribution < -0.4 is 0 Å². The summed E-state index contributed by atoms with van der Waals surface area (Å²) in [6.07, 6.45) is 70.5. The third kappa shape index (κ3) is 71.2. The number of esters is 4. The zero-order chi connectivity index (χ0) is 71.8. The van der Waals surface area contributed by atoms with Crippen molar-refractivity contribution in [2.75, 3.05) is 39.6 Å². The van der Waals surface area contributed by atoms with E-state index in [-0.39, 0.29) is 25.7 Å². The van der Waals surface area contributed by atoms with Crippen LogP contribution in [0.5, 0.6) is 0 Å². The molecule has 5 atom stereocenters. The fraction of sp³-hybridized carbons (Fsp3) is 0.823. The Kier molecular flexibility index (Phi) is 69.7. The van der Waals surface area contributed by atoms with Gasteiger partial charge < -0.3 is 33.8 Å². The highest BCUT2D eigenvalue weighted by Gasteiger charge is 2.30. The lowest BCUT2D eigenvalue weighted by atomic mass is 10.0. The van der Waals surface area contributed by atoms with Crippen LogP contribution >= 0.6 is 15.6 Å². The first-order valence-electron chi connectivity index (χ1n) is 39.5. The van der Waals surface area contributed by atoms with Crippen LogP contribution in [0.3, 0.4) is 0 Å². The Morgan fingerprint density at radius 2 is 0.531 bits per heavy atom. The van der Waals surface area contributed by atoms with E-state index in [0.29, 0.717) is 25.7 Å². The number of carbonyl (C=O) groups is 4. The fourth-order valence-corrected chi connectivity index (χ4v) is 12.5. The molecular weight excluding hydrogens is 1280 g/mol. The molecule has 0 saturated carbocycles. The fourth-order valence-electron chi connectivity index (χ4n) is 10.9. The average molecular weight is 1430 g/mol. The molecule has 0 amide bonds. The number of unbranched alkanes of at least 4 members (excludes halogenated alkanes) is 40. The van der Waals surface area contributed by atoms with Gasteiger partial charge >= 0.3 is 39.5 Å². The molecule has 0 aliphatic heterocycles. The van der Waals surface area contributed by atoms with Gasteiger partial charge in [-0.1, -0.05) is 288 Å². The lowest BCUT2D eigenvalue weighted by Gasteiger charge is -2.21. The highest BCUT2D eigenvalue weighted by atomic mass is 31.2. The molecule has 0 aromatic carbocycles. The summed E-state index contributed by atoms with van der Waals surface area (Å²) in [5.41, 5.74) is 0. The number of aliphatic hydroxyl groups is 1. The minimum absolute atomic E-state index is 0.0789.